The Hall–Kier alpha value is -0.280. The Morgan fingerprint density at radius 2 is 1.93 bits per heavy atom. The largest absolute Gasteiger partial charge is 0.466 e. The number of hydrogen-bond donors (Lipinski definition) is 1. The van der Waals surface area contributed by atoms with Crippen LogP contribution in [0.2, 0.25) is 0 Å². The van der Waals surface area contributed by atoms with Crippen molar-refractivity contribution in [2.24, 2.45) is 11.7 Å². The Kier molecular flexibility index (Phi) is 3.87. The van der Waals surface area contributed by atoms with Gasteiger partial charge in [-0.1, -0.05) is 25.7 Å². The Morgan fingerprint density at radius 3 is 2.47 bits per heavy atom. The van der Waals surface area contributed by atoms with Crippen molar-refractivity contribution in [2.45, 2.75) is 44.6 Å². The minimum absolute atomic E-state index is 0.0625. The zero-order valence-electron chi connectivity index (χ0n) is 8.92. The second-order valence-electron chi connectivity index (χ2n) is 4.41. The monoisotopic (exact) mass is 271 g/mol. The molecule has 2 rings (SSSR count). The van der Waals surface area contributed by atoms with E-state index < -0.39 is 0 Å². The van der Waals surface area contributed by atoms with E-state index in [1.165, 1.54) is 38.5 Å². The van der Waals surface area contributed by atoms with E-state index in [1.807, 2.05) is 6.07 Å². The van der Waals surface area contributed by atoms with Gasteiger partial charge in [-0.05, 0) is 40.8 Å². The molecule has 84 valence electrons. The predicted molar refractivity (Wildman–Crippen MR) is 64.5 cm³/mol. The fraction of sp³-hybridized carbons (Fsp3) is 0.667. The van der Waals surface area contributed by atoms with Crippen LogP contribution >= 0.6 is 15.9 Å². The van der Waals surface area contributed by atoms with Crippen molar-refractivity contribution in [1.29, 1.82) is 0 Å². The van der Waals surface area contributed by atoms with Crippen molar-refractivity contribution in [3.8, 4) is 0 Å². The van der Waals surface area contributed by atoms with Gasteiger partial charge in [0.25, 0.3) is 0 Å². The Morgan fingerprint density at radius 1 is 1.27 bits per heavy atom. The lowest BCUT2D eigenvalue weighted by Crippen LogP contribution is -2.20. The van der Waals surface area contributed by atoms with Crippen molar-refractivity contribution in [1.82, 2.24) is 0 Å². The molecule has 0 aliphatic heterocycles. The van der Waals surface area contributed by atoms with Crippen LogP contribution < -0.4 is 5.73 Å². The minimum Gasteiger partial charge on any atom is -0.466 e. The number of furan rings is 1. The van der Waals surface area contributed by atoms with Gasteiger partial charge in [-0.15, -0.1) is 0 Å². The number of halogens is 1. The Labute approximate surface area is 99.3 Å². The van der Waals surface area contributed by atoms with Crippen LogP contribution in [-0.4, -0.2) is 0 Å². The highest BCUT2D eigenvalue weighted by Crippen LogP contribution is 2.35. The molecule has 1 unspecified atom stereocenters. The first-order valence-corrected chi connectivity index (χ1v) is 6.57. The van der Waals surface area contributed by atoms with Crippen LogP contribution in [0.3, 0.4) is 0 Å². The highest BCUT2D eigenvalue weighted by atomic mass is 79.9. The molecule has 1 aliphatic rings. The van der Waals surface area contributed by atoms with E-state index in [1.54, 1.807) is 6.26 Å². The van der Waals surface area contributed by atoms with Crippen LogP contribution in [0.4, 0.5) is 0 Å². The van der Waals surface area contributed by atoms with Crippen molar-refractivity contribution in [3.63, 3.8) is 0 Å². The number of nitrogens with two attached hydrogens (primary N) is 1. The molecule has 2 nitrogen and oxygen atoms in total. The zero-order valence-corrected chi connectivity index (χ0v) is 10.5. The Balaban J connectivity index is 2.06. The molecule has 0 bridgehead atoms. The fourth-order valence-corrected chi connectivity index (χ4v) is 2.89. The lowest BCUT2D eigenvalue weighted by atomic mass is 9.91. The summed E-state index contributed by atoms with van der Waals surface area (Å²) < 4.78 is 6.46. The summed E-state index contributed by atoms with van der Waals surface area (Å²) >= 11 is 3.48. The molecule has 0 amide bonds. The molecule has 1 fully saturated rings. The van der Waals surface area contributed by atoms with Gasteiger partial charge in [0.2, 0.25) is 0 Å². The van der Waals surface area contributed by atoms with E-state index in [0.717, 1.165) is 10.2 Å². The summed E-state index contributed by atoms with van der Waals surface area (Å²) in [6.45, 7) is 0. The summed E-state index contributed by atoms with van der Waals surface area (Å²) in [4.78, 5) is 0. The molecule has 0 radical (unpaired) electrons. The summed E-state index contributed by atoms with van der Waals surface area (Å²) in [7, 11) is 0. The molecule has 1 aromatic heterocycles. The zero-order chi connectivity index (χ0) is 10.7. The number of hydrogen-bond acceptors (Lipinski definition) is 2. The SMILES string of the molecule is NC(c1occc1Br)C1CCCCCC1. The van der Waals surface area contributed by atoms with E-state index in [-0.39, 0.29) is 6.04 Å². The quantitative estimate of drug-likeness (QED) is 0.826. The molecule has 0 saturated heterocycles. The second kappa shape index (κ2) is 5.17. The van der Waals surface area contributed by atoms with Crippen molar-refractivity contribution in [3.05, 3.63) is 22.6 Å². The van der Waals surface area contributed by atoms with Gasteiger partial charge in [0.1, 0.15) is 5.76 Å². The maximum absolute atomic E-state index is 6.26. The topological polar surface area (TPSA) is 39.2 Å². The average molecular weight is 272 g/mol. The molecule has 1 heterocycles. The third-order valence-electron chi connectivity index (χ3n) is 3.36. The summed E-state index contributed by atoms with van der Waals surface area (Å²) in [5, 5.41) is 0. The van der Waals surface area contributed by atoms with Crippen LogP contribution in [0, 0.1) is 5.92 Å². The van der Waals surface area contributed by atoms with Gasteiger partial charge in [0, 0.05) is 0 Å². The number of rotatable bonds is 2. The molecule has 1 saturated carbocycles. The van der Waals surface area contributed by atoms with Crippen molar-refractivity contribution in [2.75, 3.05) is 0 Å². The maximum atomic E-state index is 6.26. The van der Waals surface area contributed by atoms with Gasteiger partial charge in [-0.25, -0.2) is 0 Å². The molecule has 1 aromatic rings. The van der Waals surface area contributed by atoms with Crippen molar-refractivity contribution >= 4 is 15.9 Å². The van der Waals surface area contributed by atoms with Gasteiger partial charge in [-0.3, -0.25) is 0 Å². The second-order valence-corrected chi connectivity index (χ2v) is 5.26. The van der Waals surface area contributed by atoms with Gasteiger partial charge < -0.3 is 10.2 Å². The van der Waals surface area contributed by atoms with Gasteiger partial charge in [0.15, 0.2) is 0 Å². The first kappa shape index (κ1) is 11.2. The lowest BCUT2D eigenvalue weighted by Gasteiger charge is -2.20. The van der Waals surface area contributed by atoms with E-state index in [9.17, 15) is 0 Å². The van der Waals surface area contributed by atoms with Crippen LogP contribution in [0.1, 0.15) is 50.3 Å². The highest BCUT2D eigenvalue weighted by molar-refractivity contribution is 9.10. The molecular formula is C12H18BrNO. The molecular weight excluding hydrogens is 254 g/mol. The van der Waals surface area contributed by atoms with Gasteiger partial charge in [0.05, 0.1) is 16.8 Å². The van der Waals surface area contributed by atoms with E-state index in [4.69, 9.17) is 10.2 Å². The molecule has 0 aromatic carbocycles. The van der Waals surface area contributed by atoms with Crippen LogP contribution in [0.5, 0.6) is 0 Å². The molecule has 1 atom stereocenters. The van der Waals surface area contributed by atoms with Crippen molar-refractivity contribution < 1.29 is 4.42 Å². The summed E-state index contributed by atoms with van der Waals surface area (Å²) in [6.07, 6.45) is 9.55. The lowest BCUT2D eigenvalue weighted by molar-refractivity contribution is 0.331. The molecule has 1 aliphatic carbocycles. The van der Waals surface area contributed by atoms with Gasteiger partial charge in [-0.2, -0.15) is 0 Å². The molecule has 15 heavy (non-hydrogen) atoms. The Bertz CT molecular complexity index is 302. The van der Waals surface area contributed by atoms with Gasteiger partial charge >= 0.3 is 0 Å². The highest BCUT2D eigenvalue weighted by Gasteiger charge is 2.24. The first-order chi connectivity index (χ1) is 7.29. The summed E-state index contributed by atoms with van der Waals surface area (Å²) in [5.41, 5.74) is 6.26. The third kappa shape index (κ3) is 2.64. The average Bonchev–Trinajstić information content (AvgIpc) is 2.53. The van der Waals surface area contributed by atoms with Crippen LogP contribution in [0.15, 0.2) is 21.2 Å². The molecule has 0 spiro atoms. The smallest absolute Gasteiger partial charge is 0.134 e. The van der Waals surface area contributed by atoms with E-state index in [0.29, 0.717) is 5.92 Å². The standard InChI is InChI=1S/C12H18BrNO/c13-10-7-8-15-12(10)11(14)9-5-3-1-2-4-6-9/h7-9,11H,1-6,14H2. The fourth-order valence-electron chi connectivity index (χ4n) is 2.43. The first-order valence-electron chi connectivity index (χ1n) is 5.77. The third-order valence-corrected chi connectivity index (χ3v) is 4.01. The normalized spacial score (nSPS) is 21.2. The van der Waals surface area contributed by atoms with Crippen LogP contribution in [-0.2, 0) is 0 Å². The van der Waals surface area contributed by atoms with E-state index in [2.05, 4.69) is 15.9 Å². The maximum Gasteiger partial charge on any atom is 0.134 e. The van der Waals surface area contributed by atoms with E-state index >= 15 is 0 Å². The minimum atomic E-state index is 0.0625. The predicted octanol–water partition coefficient (Wildman–Crippen LogP) is 4.01. The summed E-state index contributed by atoms with van der Waals surface area (Å²) in [6, 6.07) is 1.98. The summed E-state index contributed by atoms with van der Waals surface area (Å²) in [5.74, 6) is 1.51. The molecule has 3 heteroatoms. The van der Waals surface area contributed by atoms with Crippen LogP contribution in [0.25, 0.3) is 0 Å². The molecule has 2 N–H and O–H groups in total.